The molecule has 0 aliphatic rings. The molecule has 17 heavy (non-hydrogen) atoms. The molecule has 0 heterocycles. The third-order valence-corrected chi connectivity index (χ3v) is 2.65. The van der Waals surface area contributed by atoms with Gasteiger partial charge in [-0.3, -0.25) is 4.79 Å². The monoisotopic (exact) mass is 257 g/mol. The van der Waals surface area contributed by atoms with Gasteiger partial charge in [0.05, 0.1) is 11.1 Å². The minimum Gasteiger partial charge on any atom is -0.479 e. The summed E-state index contributed by atoms with van der Waals surface area (Å²) in [6.45, 7) is 3.29. The van der Waals surface area contributed by atoms with E-state index in [0.29, 0.717) is 16.3 Å². The molecule has 0 saturated heterocycles. The number of carbonyl (C=O) groups excluding carboxylic acids is 1. The number of carbonyl (C=O) groups is 1. The van der Waals surface area contributed by atoms with E-state index in [1.165, 1.54) is 0 Å². The molecule has 0 aliphatic carbocycles. The molecule has 1 amide bonds. The maximum absolute atomic E-state index is 11.3. The minimum absolute atomic E-state index is 0.222. The fourth-order valence-corrected chi connectivity index (χ4v) is 1.55. The smallest absolute Gasteiger partial charge is 0.260 e. The highest BCUT2D eigenvalue weighted by Gasteiger charge is 2.15. The summed E-state index contributed by atoms with van der Waals surface area (Å²) in [6, 6.07) is 4.98. The van der Waals surface area contributed by atoms with Gasteiger partial charge in [0.25, 0.3) is 5.91 Å². The molecule has 0 spiro atoms. The number of aliphatic hydroxyl groups excluding tert-OH is 1. The van der Waals surface area contributed by atoms with E-state index in [2.05, 4.69) is 5.32 Å². The zero-order valence-electron chi connectivity index (χ0n) is 10.0. The Morgan fingerprint density at radius 2 is 2.12 bits per heavy atom. The van der Waals surface area contributed by atoms with Crippen molar-refractivity contribution in [1.29, 1.82) is 0 Å². The lowest BCUT2D eigenvalue weighted by Gasteiger charge is -2.15. The predicted molar refractivity (Wildman–Crippen MR) is 66.2 cm³/mol. The zero-order valence-corrected chi connectivity index (χ0v) is 10.8. The lowest BCUT2D eigenvalue weighted by atomic mass is 10.1. The van der Waals surface area contributed by atoms with E-state index in [1.807, 2.05) is 0 Å². The number of likely N-dealkylation sites (N-methyl/N-ethyl adjacent to an activating group) is 1. The van der Waals surface area contributed by atoms with Gasteiger partial charge >= 0.3 is 0 Å². The van der Waals surface area contributed by atoms with Crippen LogP contribution in [0.1, 0.15) is 25.5 Å². The number of hydrogen-bond donors (Lipinski definition) is 2. The molecule has 5 heteroatoms. The topological polar surface area (TPSA) is 58.6 Å². The van der Waals surface area contributed by atoms with Crippen LogP contribution in [-0.2, 0) is 4.79 Å². The summed E-state index contributed by atoms with van der Waals surface area (Å²) in [4.78, 5) is 11.3. The first-order valence-electron chi connectivity index (χ1n) is 5.31. The van der Waals surface area contributed by atoms with Gasteiger partial charge in [-0.25, -0.2) is 0 Å². The van der Waals surface area contributed by atoms with Crippen LogP contribution in [0.3, 0.4) is 0 Å². The van der Waals surface area contributed by atoms with Gasteiger partial charge in [0.15, 0.2) is 6.10 Å². The Hall–Kier alpha value is -1.26. The number of benzene rings is 1. The Balaban J connectivity index is 2.83. The van der Waals surface area contributed by atoms with E-state index < -0.39 is 12.2 Å². The highest BCUT2D eigenvalue weighted by atomic mass is 35.5. The summed E-state index contributed by atoms with van der Waals surface area (Å²) in [6.07, 6.45) is -1.20. The van der Waals surface area contributed by atoms with Crippen molar-refractivity contribution in [3.05, 3.63) is 28.8 Å². The number of rotatable bonds is 4. The van der Waals surface area contributed by atoms with Gasteiger partial charge in [-0.15, -0.1) is 0 Å². The first-order valence-corrected chi connectivity index (χ1v) is 5.69. The molecular weight excluding hydrogens is 242 g/mol. The second-order valence-electron chi connectivity index (χ2n) is 3.74. The zero-order chi connectivity index (χ0) is 13.0. The average molecular weight is 258 g/mol. The van der Waals surface area contributed by atoms with Gasteiger partial charge in [-0.2, -0.15) is 0 Å². The Bertz CT molecular complexity index is 407. The molecule has 2 N–H and O–H groups in total. The number of nitrogens with one attached hydrogen (secondary N) is 1. The lowest BCUT2D eigenvalue weighted by Crippen LogP contribution is -2.33. The molecule has 1 rings (SSSR count). The van der Waals surface area contributed by atoms with Crippen LogP contribution in [0, 0.1) is 0 Å². The summed E-state index contributed by atoms with van der Waals surface area (Å²) >= 11 is 6.00. The van der Waals surface area contributed by atoms with E-state index in [9.17, 15) is 9.90 Å². The van der Waals surface area contributed by atoms with Crippen molar-refractivity contribution in [2.24, 2.45) is 0 Å². The maximum atomic E-state index is 11.3. The molecule has 0 aromatic heterocycles. The van der Waals surface area contributed by atoms with Crippen LogP contribution in [0.4, 0.5) is 0 Å². The molecule has 0 aliphatic heterocycles. The lowest BCUT2D eigenvalue weighted by molar-refractivity contribution is -0.126. The molecular formula is C12H16ClNO3. The van der Waals surface area contributed by atoms with Gasteiger partial charge in [0, 0.05) is 7.05 Å². The standard InChI is InChI=1S/C12H16ClNO3/c1-7(15)9-4-5-11(10(13)6-9)17-8(2)12(16)14-3/h4-8,15H,1-3H3,(H,14,16)/t7-,8?/m0/s1. The summed E-state index contributed by atoms with van der Waals surface area (Å²) in [5.74, 6) is 0.202. The number of amides is 1. The predicted octanol–water partition coefficient (Wildman–Crippen LogP) is 1.91. The highest BCUT2D eigenvalue weighted by Crippen LogP contribution is 2.28. The van der Waals surface area contributed by atoms with Gasteiger partial charge in [0.2, 0.25) is 0 Å². The van der Waals surface area contributed by atoms with Crippen molar-refractivity contribution in [3.63, 3.8) is 0 Å². The number of ether oxygens (including phenoxy) is 1. The molecule has 94 valence electrons. The summed E-state index contributed by atoms with van der Waals surface area (Å²) < 4.78 is 5.41. The maximum Gasteiger partial charge on any atom is 0.260 e. The largest absolute Gasteiger partial charge is 0.479 e. The molecule has 1 aromatic carbocycles. The van der Waals surface area contributed by atoms with Crippen LogP contribution in [0.2, 0.25) is 5.02 Å². The minimum atomic E-state index is -0.616. The van der Waals surface area contributed by atoms with Crippen molar-refractivity contribution >= 4 is 17.5 Å². The van der Waals surface area contributed by atoms with Crippen LogP contribution >= 0.6 is 11.6 Å². The molecule has 0 fully saturated rings. The average Bonchev–Trinajstić information content (AvgIpc) is 2.30. The molecule has 0 radical (unpaired) electrons. The van der Waals surface area contributed by atoms with E-state index in [-0.39, 0.29) is 5.91 Å². The first kappa shape index (κ1) is 13.8. The molecule has 0 bridgehead atoms. The fourth-order valence-electron chi connectivity index (χ4n) is 1.32. The van der Waals surface area contributed by atoms with Crippen LogP contribution in [0.15, 0.2) is 18.2 Å². The van der Waals surface area contributed by atoms with E-state index >= 15 is 0 Å². The van der Waals surface area contributed by atoms with Crippen molar-refractivity contribution < 1.29 is 14.6 Å². The fraction of sp³-hybridized carbons (Fsp3) is 0.417. The van der Waals surface area contributed by atoms with E-state index in [1.54, 1.807) is 39.1 Å². The Morgan fingerprint density at radius 1 is 1.47 bits per heavy atom. The van der Waals surface area contributed by atoms with Gasteiger partial charge < -0.3 is 15.2 Å². The molecule has 2 atom stereocenters. The number of aliphatic hydroxyl groups is 1. The van der Waals surface area contributed by atoms with Crippen molar-refractivity contribution in [2.45, 2.75) is 26.1 Å². The SMILES string of the molecule is CNC(=O)C(C)Oc1ccc([C@H](C)O)cc1Cl. The molecule has 0 saturated carbocycles. The van der Waals surface area contributed by atoms with Crippen molar-refractivity contribution in [2.75, 3.05) is 7.05 Å². The molecule has 1 unspecified atom stereocenters. The van der Waals surface area contributed by atoms with Crippen molar-refractivity contribution in [1.82, 2.24) is 5.32 Å². The van der Waals surface area contributed by atoms with Gasteiger partial charge in [0.1, 0.15) is 5.75 Å². The van der Waals surface area contributed by atoms with Crippen LogP contribution in [0.25, 0.3) is 0 Å². The molecule has 1 aromatic rings. The van der Waals surface area contributed by atoms with Gasteiger partial charge in [-0.05, 0) is 31.5 Å². The third-order valence-electron chi connectivity index (χ3n) is 2.36. The Labute approximate surface area is 106 Å². The summed E-state index contributed by atoms with van der Waals surface area (Å²) in [7, 11) is 1.54. The van der Waals surface area contributed by atoms with Gasteiger partial charge in [-0.1, -0.05) is 17.7 Å². The Kier molecular flexibility index (Phi) is 4.78. The van der Waals surface area contributed by atoms with E-state index in [0.717, 1.165) is 0 Å². The highest BCUT2D eigenvalue weighted by molar-refractivity contribution is 6.32. The summed E-state index contributed by atoms with van der Waals surface area (Å²) in [5.41, 5.74) is 0.704. The van der Waals surface area contributed by atoms with Crippen LogP contribution in [0.5, 0.6) is 5.75 Å². The van der Waals surface area contributed by atoms with E-state index in [4.69, 9.17) is 16.3 Å². The molecule has 4 nitrogen and oxygen atoms in total. The van der Waals surface area contributed by atoms with Crippen LogP contribution < -0.4 is 10.1 Å². The summed E-state index contributed by atoms with van der Waals surface area (Å²) in [5, 5.41) is 12.2. The number of halogens is 1. The van der Waals surface area contributed by atoms with Crippen LogP contribution in [-0.4, -0.2) is 24.2 Å². The normalized spacial score (nSPS) is 13.9. The second kappa shape index (κ2) is 5.89. The number of hydrogen-bond acceptors (Lipinski definition) is 3. The second-order valence-corrected chi connectivity index (χ2v) is 4.15. The third kappa shape index (κ3) is 3.61. The first-order chi connectivity index (χ1) is 7.95. The van der Waals surface area contributed by atoms with Crippen molar-refractivity contribution in [3.8, 4) is 5.75 Å². The Morgan fingerprint density at radius 3 is 2.59 bits per heavy atom. The quantitative estimate of drug-likeness (QED) is 0.866.